The third kappa shape index (κ3) is 2.38. The quantitative estimate of drug-likeness (QED) is 0.764. The molecule has 1 saturated heterocycles. The average molecular weight is 253 g/mol. The van der Waals surface area contributed by atoms with Crippen molar-refractivity contribution in [2.45, 2.75) is 38.6 Å². The predicted octanol–water partition coefficient (Wildman–Crippen LogP) is 1.54. The molecule has 1 fully saturated rings. The van der Waals surface area contributed by atoms with E-state index in [9.17, 15) is 4.79 Å². The molecule has 6 nitrogen and oxygen atoms in total. The van der Waals surface area contributed by atoms with E-state index in [1.165, 1.54) is 7.11 Å². The van der Waals surface area contributed by atoms with E-state index in [0.717, 1.165) is 25.1 Å². The number of ether oxygens (including phenoxy) is 2. The minimum Gasteiger partial charge on any atom is -0.464 e. The largest absolute Gasteiger partial charge is 0.464 e. The second kappa shape index (κ2) is 5.48. The lowest BCUT2D eigenvalue weighted by molar-refractivity contribution is 0.0526. The highest BCUT2D eigenvalue weighted by Crippen LogP contribution is 2.26. The van der Waals surface area contributed by atoms with Crippen LogP contribution in [0, 0.1) is 0 Å². The number of hydrogen-bond donors (Lipinski definition) is 0. The predicted molar refractivity (Wildman–Crippen MR) is 64.5 cm³/mol. The molecule has 0 aliphatic carbocycles. The van der Waals surface area contributed by atoms with Crippen LogP contribution in [0.25, 0.3) is 0 Å². The van der Waals surface area contributed by atoms with Gasteiger partial charge in [0.15, 0.2) is 5.69 Å². The fraction of sp³-hybridized carbons (Fsp3) is 0.750. The van der Waals surface area contributed by atoms with Gasteiger partial charge < -0.3 is 9.47 Å². The first-order valence-corrected chi connectivity index (χ1v) is 6.26. The molecule has 2 rings (SSSR count). The maximum atomic E-state index is 11.7. The highest BCUT2D eigenvalue weighted by molar-refractivity contribution is 5.88. The first kappa shape index (κ1) is 13.0. The SMILES string of the molecule is COC(=O)c1nnn(C2CCCOC2)c1C(C)C. The van der Waals surface area contributed by atoms with Crippen molar-refractivity contribution in [2.75, 3.05) is 20.3 Å². The maximum Gasteiger partial charge on any atom is 0.360 e. The van der Waals surface area contributed by atoms with Crippen molar-refractivity contribution >= 4 is 5.97 Å². The minimum absolute atomic E-state index is 0.163. The Morgan fingerprint density at radius 2 is 2.33 bits per heavy atom. The summed E-state index contributed by atoms with van der Waals surface area (Å²) in [6, 6.07) is 0.169. The molecule has 0 saturated carbocycles. The zero-order valence-electron chi connectivity index (χ0n) is 11.0. The highest BCUT2D eigenvalue weighted by Gasteiger charge is 2.27. The van der Waals surface area contributed by atoms with E-state index in [1.807, 2.05) is 18.5 Å². The van der Waals surface area contributed by atoms with Gasteiger partial charge in [-0.2, -0.15) is 0 Å². The van der Waals surface area contributed by atoms with Crippen LogP contribution < -0.4 is 0 Å². The van der Waals surface area contributed by atoms with Crippen molar-refractivity contribution in [2.24, 2.45) is 0 Å². The van der Waals surface area contributed by atoms with Crippen LogP contribution in [0.1, 0.15) is 54.8 Å². The van der Waals surface area contributed by atoms with Crippen LogP contribution in [-0.2, 0) is 9.47 Å². The number of aromatic nitrogens is 3. The third-order valence-electron chi connectivity index (χ3n) is 3.14. The molecular weight excluding hydrogens is 234 g/mol. The molecule has 100 valence electrons. The van der Waals surface area contributed by atoms with Crippen LogP contribution in [0.4, 0.5) is 0 Å². The van der Waals surface area contributed by atoms with Gasteiger partial charge in [-0.15, -0.1) is 5.10 Å². The summed E-state index contributed by atoms with van der Waals surface area (Å²) in [6.45, 7) is 5.46. The summed E-state index contributed by atoms with van der Waals surface area (Å²) in [7, 11) is 1.36. The number of rotatable bonds is 3. The van der Waals surface area contributed by atoms with Gasteiger partial charge in [0.25, 0.3) is 0 Å². The fourth-order valence-electron chi connectivity index (χ4n) is 2.27. The van der Waals surface area contributed by atoms with Crippen LogP contribution in [0.3, 0.4) is 0 Å². The number of methoxy groups -OCH3 is 1. The number of carbonyl (C=O) groups excluding carboxylic acids is 1. The molecule has 1 aromatic heterocycles. The lowest BCUT2D eigenvalue weighted by Crippen LogP contribution is -2.24. The maximum absolute atomic E-state index is 11.7. The summed E-state index contributed by atoms with van der Waals surface area (Å²) >= 11 is 0. The van der Waals surface area contributed by atoms with E-state index in [0.29, 0.717) is 12.3 Å². The third-order valence-corrected chi connectivity index (χ3v) is 3.14. The Kier molecular flexibility index (Phi) is 3.96. The molecule has 0 amide bonds. The standard InChI is InChI=1S/C12H19N3O3/c1-8(2)11-10(12(16)17-3)13-14-15(11)9-5-4-6-18-7-9/h8-9H,4-7H2,1-3H3. The summed E-state index contributed by atoms with van der Waals surface area (Å²) in [5, 5.41) is 8.08. The second-order valence-electron chi connectivity index (χ2n) is 4.79. The van der Waals surface area contributed by atoms with Gasteiger partial charge in [0, 0.05) is 6.61 Å². The molecule has 1 aromatic rings. The van der Waals surface area contributed by atoms with Crippen LogP contribution in [0.2, 0.25) is 0 Å². The van der Waals surface area contributed by atoms with Gasteiger partial charge >= 0.3 is 5.97 Å². The van der Waals surface area contributed by atoms with E-state index < -0.39 is 5.97 Å². The van der Waals surface area contributed by atoms with E-state index in [-0.39, 0.29) is 12.0 Å². The highest BCUT2D eigenvalue weighted by atomic mass is 16.5. The minimum atomic E-state index is -0.429. The monoisotopic (exact) mass is 253 g/mol. The van der Waals surface area contributed by atoms with Gasteiger partial charge in [-0.3, -0.25) is 0 Å². The molecule has 2 heterocycles. The molecule has 0 N–H and O–H groups in total. The van der Waals surface area contributed by atoms with Gasteiger partial charge in [0.05, 0.1) is 25.5 Å². The molecule has 18 heavy (non-hydrogen) atoms. The molecule has 1 aliphatic rings. The molecule has 0 radical (unpaired) electrons. The normalized spacial score (nSPS) is 20.1. The smallest absolute Gasteiger partial charge is 0.360 e. The molecule has 0 aromatic carbocycles. The number of carbonyl (C=O) groups is 1. The Bertz CT molecular complexity index is 422. The molecular formula is C12H19N3O3. The summed E-state index contributed by atoms with van der Waals surface area (Å²) < 4.78 is 12.0. The van der Waals surface area contributed by atoms with Gasteiger partial charge in [-0.25, -0.2) is 9.48 Å². The Morgan fingerprint density at radius 1 is 1.56 bits per heavy atom. The Hall–Kier alpha value is -1.43. The first-order chi connectivity index (χ1) is 8.65. The van der Waals surface area contributed by atoms with Gasteiger partial charge in [0.1, 0.15) is 0 Å². The summed E-state index contributed by atoms with van der Waals surface area (Å²) in [6.07, 6.45) is 2.01. The summed E-state index contributed by atoms with van der Waals surface area (Å²) in [5.41, 5.74) is 1.15. The molecule has 6 heteroatoms. The van der Waals surface area contributed by atoms with E-state index >= 15 is 0 Å². The lowest BCUT2D eigenvalue weighted by Gasteiger charge is -2.24. The summed E-state index contributed by atoms with van der Waals surface area (Å²) in [4.78, 5) is 11.7. The van der Waals surface area contributed by atoms with Crippen molar-refractivity contribution < 1.29 is 14.3 Å². The number of hydrogen-bond acceptors (Lipinski definition) is 5. The first-order valence-electron chi connectivity index (χ1n) is 6.26. The van der Waals surface area contributed by atoms with Crippen LogP contribution in [0.15, 0.2) is 0 Å². The Labute approximate surface area is 106 Å². The molecule has 0 bridgehead atoms. The molecule has 1 unspecified atom stereocenters. The Morgan fingerprint density at radius 3 is 2.89 bits per heavy atom. The average Bonchev–Trinajstić information content (AvgIpc) is 2.83. The number of esters is 1. The topological polar surface area (TPSA) is 66.2 Å². The van der Waals surface area contributed by atoms with E-state index in [4.69, 9.17) is 9.47 Å². The van der Waals surface area contributed by atoms with E-state index in [1.54, 1.807) is 0 Å². The van der Waals surface area contributed by atoms with Crippen molar-refractivity contribution in [3.05, 3.63) is 11.4 Å². The van der Waals surface area contributed by atoms with Crippen molar-refractivity contribution in [3.63, 3.8) is 0 Å². The van der Waals surface area contributed by atoms with Gasteiger partial charge in [0.2, 0.25) is 0 Å². The van der Waals surface area contributed by atoms with Crippen molar-refractivity contribution in [1.29, 1.82) is 0 Å². The van der Waals surface area contributed by atoms with E-state index in [2.05, 4.69) is 10.3 Å². The number of nitrogens with zero attached hydrogens (tertiary/aromatic N) is 3. The van der Waals surface area contributed by atoms with Gasteiger partial charge in [-0.1, -0.05) is 19.1 Å². The van der Waals surface area contributed by atoms with Crippen LogP contribution in [0.5, 0.6) is 0 Å². The van der Waals surface area contributed by atoms with Crippen molar-refractivity contribution in [1.82, 2.24) is 15.0 Å². The zero-order valence-corrected chi connectivity index (χ0v) is 11.0. The summed E-state index contributed by atoms with van der Waals surface area (Å²) in [5.74, 6) is -0.266. The van der Waals surface area contributed by atoms with Crippen LogP contribution in [-0.4, -0.2) is 41.3 Å². The molecule has 1 atom stereocenters. The molecule has 0 spiro atoms. The van der Waals surface area contributed by atoms with Crippen LogP contribution >= 0.6 is 0 Å². The molecule has 1 aliphatic heterocycles. The second-order valence-corrected chi connectivity index (χ2v) is 4.79. The fourth-order valence-corrected chi connectivity index (χ4v) is 2.27. The zero-order chi connectivity index (χ0) is 13.1. The Balaban J connectivity index is 2.35. The van der Waals surface area contributed by atoms with Gasteiger partial charge in [-0.05, 0) is 18.8 Å². The van der Waals surface area contributed by atoms with Crippen molar-refractivity contribution in [3.8, 4) is 0 Å². The lowest BCUT2D eigenvalue weighted by atomic mass is 10.1.